The average Bonchev–Trinajstić information content (AvgIpc) is 3.03. The van der Waals surface area contributed by atoms with Crippen molar-refractivity contribution in [2.24, 2.45) is 11.7 Å². The number of carbonyl (C=O) groups excluding carboxylic acids is 3. The highest BCUT2D eigenvalue weighted by Crippen LogP contribution is 2.24. The highest BCUT2D eigenvalue weighted by Gasteiger charge is 2.32. The molecule has 9 nitrogen and oxygen atoms in total. The molecular formula is C17H18FN5O4. The van der Waals surface area contributed by atoms with Gasteiger partial charge in [0.1, 0.15) is 11.6 Å². The summed E-state index contributed by atoms with van der Waals surface area (Å²) in [7, 11) is 0. The Kier molecular flexibility index (Phi) is 5.17. The fourth-order valence-corrected chi connectivity index (χ4v) is 2.98. The first kappa shape index (κ1) is 18.5. The number of rotatable bonds is 6. The number of aliphatic hydroxyl groups excluding tert-OH is 1. The number of halogens is 1. The lowest BCUT2D eigenvalue weighted by molar-refractivity contribution is -0.128. The van der Waals surface area contributed by atoms with Crippen LogP contribution < -0.4 is 16.4 Å². The number of hydrogen-bond acceptors (Lipinski definition) is 5. The number of aliphatic hydroxyl groups is 1. The lowest BCUT2D eigenvalue weighted by atomic mass is 10.0. The predicted octanol–water partition coefficient (Wildman–Crippen LogP) is -0.0707. The highest BCUT2D eigenvalue weighted by molar-refractivity contribution is 6.02. The summed E-state index contributed by atoms with van der Waals surface area (Å²) in [6.07, 6.45) is 1.18. The van der Waals surface area contributed by atoms with Crippen LogP contribution in [0.25, 0.3) is 0 Å². The Morgan fingerprint density at radius 1 is 1.44 bits per heavy atom. The Labute approximate surface area is 153 Å². The van der Waals surface area contributed by atoms with Gasteiger partial charge in [-0.05, 0) is 6.07 Å². The number of primary amides is 1. The molecule has 0 fully saturated rings. The molecule has 10 heteroatoms. The molecule has 2 heterocycles. The molecule has 0 saturated heterocycles. The molecule has 3 amide bonds. The van der Waals surface area contributed by atoms with Crippen LogP contribution in [-0.2, 0) is 16.1 Å². The maximum Gasteiger partial charge on any atom is 0.271 e. The Morgan fingerprint density at radius 2 is 2.19 bits per heavy atom. The van der Waals surface area contributed by atoms with Crippen molar-refractivity contribution in [3.05, 3.63) is 47.7 Å². The van der Waals surface area contributed by atoms with Gasteiger partial charge in [-0.15, -0.1) is 0 Å². The van der Waals surface area contributed by atoms with Crippen LogP contribution in [0.15, 0.2) is 30.6 Å². The van der Waals surface area contributed by atoms with Crippen LogP contribution in [-0.4, -0.2) is 39.0 Å². The summed E-state index contributed by atoms with van der Waals surface area (Å²) < 4.78 is 15.4. The summed E-state index contributed by atoms with van der Waals surface area (Å²) in [4.78, 5) is 39.7. The number of anilines is 1. The zero-order chi connectivity index (χ0) is 19.6. The molecule has 0 bridgehead atoms. The monoisotopic (exact) mass is 375 g/mol. The van der Waals surface area contributed by atoms with Crippen LogP contribution in [0.3, 0.4) is 0 Å². The van der Waals surface area contributed by atoms with Gasteiger partial charge in [0, 0.05) is 18.5 Å². The molecule has 2 unspecified atom stereocenters. The minimum absolute atomic E-state index is 0.0499. The quantitative estimate of drug-likeness (QED) is 0.560. The fraction of sp³-hybridized carbons (Fsp3) is 0.294. The number of benzene rings is 1. The number of nitrogens with one attached hydrogen (secondary N) is 2. The zero-order valence-corrected chi connectivity index (χ0v) is 14.2. The summed E-state index contributed by atoms with van der Waals surface area (Å²) in [6.45, 7) is -0.352. The molecule has 1 aliphatic heterocycles. The second-order valence-electron chi connectivity index (χ2n) is 6.17. The molecule has 0 saturated carbocycles. The maximum absolute atomic E-state index is 13.9. The summed E-state index contributed by atoms with van der Waals surface area (Å²) in [5.41, 5.74) is 5.30. The molecule has 0 spiro atoms. The molecule has 0 radical (unpaired) electrons. The molecule has 5 N–H and O–H groups in total. The second kappa shape index (κ2) is 7.54. The van der Waals surface area contributed by atoms with Gasteiger partial charge in [-0.1, -0.05) is 18.2 Å². The van der Waals surface area contributed by atoms with Gasteiger partial charge in [0.2, 0.25) is 11.8 Å². The number of nitrogens with zero attached hydrogens (tertiary/aromatic N) is 2. The number of amides is 3. The van der Waals surface area contributed by atoms with Gasteiger partial charge in [0.15, 0.2) is 5.69 Å². The number of fused-ring (bicyclic) bond motifs is 1. The normalized spacial score (nSPS) is 17.0. The van der Waals surface area contributed by atoms with Gasteiger partial charge >= 0.3 is 0 Å². The van der Waals surface area contributed by atoms with E-state index in [9.17, 15) is 23.9 Å². The van der Waals surface area contributed by atoms with Crippen molar-refractivity contribution >= 4 is 23.5 Å². The van der Waals surface area contributed by atoms with Gasteiger partial charge in [-0.3, -0.25) is 14.4 Å². The van der Waals surface area contributed by atoms with Gasteiger partial charge in [-0.25, -0.2) is 9.37 Å². The molecule has 0 aliphatic carbocycles. The summed E-state index contributed by atoms with van der Waals surface area (Å²) in [5, 5.41) is 14.5. The molecule has 3 rings (SSSR count). The van der Waals surface area contributed by atoms with Crippen LogP contribution in [0.2, 0.25) is 0 Å². The third-order valence-corrected chi connectivity index (χ3v) is 4.33. The van der Waals surface area contributed by atoms with Crippen molar-refractivity contribution in [2.45, 2.75) is 19.0 Å². The summed E-state index contributed by atoms with van der Waals surface area (Å²) in [6, 6.07) is 4.88. The summed E-state index contributed by atoms with van der Waals surface area (Å²) >= 11 is 0. The standard InChI is InChI=1S/C17H18FN5O4/c18-11-4-2-1-3-10(11)12(7-24)21-13(25)5-9-6-23-8-20-14(15(19)26)16(23)22-17(9)27/h1-4,8-9,12,24H,5-7H2,(H2,19,26)(H,21,25)(H,22,27). The van der Waals surface area contributed by atoms with E-state index in [1.165, 1.54) is 29.1 Å². The highest BCUT2D eigenvalue weighted by atomic mass is 19.1. The van der Waals surface area contributed by atoms with Gasteiger partial charge < -0.3 is 26.0 Å². The molecule has 1 aliphatic rings. The van der Waals surface area contributed by atoms with E-state index in [4.69, 9.17) is 5.73 Å². The third-order valence-electron chi connectivity index (χ3n) is 4.33. The first-order valence-electron chi connectivity index (χ1n) is 8.21. The van der Waals surface area contributed by atoms with E-state index in [0.717, 1.165) is 0 Å². The zero-order valence-electron chi connectivity index (χ0n) is 14.2. The number of aromatic nitrogens is 2. The second-order valence-corrected chi connectivity index (χ2v) is 6.17. The Balaban J connectivity index is 1.68. The molecular weight excluding hydrogens is 357 g/mol. The number of carbonyl (C=O) groups is 3. The van der Waals surface area contributed by atoms with E-state index in [2.05, 4.69) is 15.6 Å². The van der Waals surface area contributed by atoms with Crippen molar-refractivity contribution < 1.29 is 23.9 Å². The SMILES string of the molecule is NC(=O)c1ncn2c1NC(=O)C(CC(=O)NC(CO)c1ccccc1F)C2. The lowest BCUT2D eigenvalue weighted by Gasteiger charge is -2.25. The molecule has 1 aromatic heterocycles. The number of imidazole rings is 1. The molecule has 2 aromatic rings. The Hall–Kier alpha value is -3.27. The molecule has 1 aromatic carbocycles. The fourth-order valence-electron chi connectivity index (χ4n) is 2.98. The van der Waals surface area contributed by atoms with E-state index in [-0.39, 0.29) is 30.0 Å². The Morgan fingerprint density at radius 3 is 2.85 bits per heavy atom. The van der Waals surface area contributed by atoms with E-state index >= 15 is 0 Å². The van der Waals surface area contributed by atoms with Crippen LogP contribution in [0.5, 0.6) is 0 Å². The molecule has 142 valence electrons. The smallest absolute Gasteiger partial charge is 0.271 e. The van der Waals surface area contributed by atoms with Crippen molar-refractivity contribution in [1.29, 1.82) is 0 Å². The van der Waals surface area contributed by atoms with Crippen molar-refractivity contribution in [1.82, 2.24) is 14.9 Å². The molecule has 2 atom stereocenters. The average molecular weight is 375 g/mol. The Bertz CT molecular complexity index is 897. The van der Waals surface area contributed by atoms with Crippen LogP contribution >= 0.6 is 0 Å². The predicted molar refractivity (Wildman–Crippen MR) is 91.9 cm³/mol. The first-order chi connectivity index (χ1) is 12.9. The van der Waals surface area contributed by atoms with Crippen LogP contribution in [0, 0.1) is 11.7 Å². The van der Waals surface area contributed by atoms with Crippen LogP contribution in [0.1, 0.15) is 28.5 Å². The van der Waals surface area contributed by atoms with E-state index < -0.39 is 42.1 Å². The van der Waals surface area contributed by atoms with Crippen LogP contribution in [0.4, 0.5) is 10.2 Å². The van der Waals surface area contributed by atoms with Gasteiger partial charge in [-0.2, -0.15) is 0 Å². The first-order valence-corrected chi connectivity index (χ1v) is 8.21. The minimum atomic E-state index is -0.921. The van der Waals surface area contributed by atoms with Crippen molar-refractivity contribution in [2.75, 3.05) is 11.9 Å². The van der Waals surface area contributed by atoms with Gasteiger partial charge in [0.05, 0.1) is 24.9 Å². The number of hydrogen-bond donors (Lipinski definition) is 4. The minimum Gasteiger partial charge on any atom is -0.394 e. The maximum atomic E-state index is 13.9. The van der Waals surface area contributed by atoms with E-state index in [1.54, 1.807) is 6.07 Å². The van der Waals surface area contributed by atoms with Crippen molar-refractivity contribution in [3.63, 3.8) is 0 Å². The summed E-state index contributed by atoms with van der Waals surface area (Å²) in [5.74, 6) is -2.80. The van der Waals surface area contributed by atoms with Crippen molar-refractivity contribution in [3.8, 4) is 0 Å². The third kappa shape index (κ3) is 3.80. The largest absolute Gasteiger partial charge is 0.394 e. The molecule has 27 heavy (non-hydrogen) atoms. The van der Waals surface area contributed by atoms with E-state index in [0.29, 0.717) is 0 Å². The van der Waals surface area contributed by atoms with E-state index in [1.807, 2.05) is 0 Å². The lowest BCUT2D eigenvalue weighted by Crippen LogP contribution is -2.39. The number of nitrogens with two attached hydrogens (primary N) is 1. The van der Waals surface area contributed by atoms with Gasteiger partial charge in [0.25, 0.3) is 5.91 Å². The topological polar surface area (TPSA) is 139 Å².